The molecule has 1 aliphatic rings. The highest BCUT2D eigenvalue weighted by molar-refractivity contribution is 9.08. The molecule has 2 nitrogen and oxygen atoms in total. The minimum Gasteiger partial charge on any atom is -0.379 e. The Morgan fingerprint density at radius 1 is 1.44 bits per heavy atom. The Balaban J connectivity index is 1.88. The lowest BCUT2D eigenvalue weighted by atomic mass is 10.2. The van der Waals surface area contributed by atoms with Gasteiger partial charge in [0, 0.05) is 25.5 Å². The lowest BCUT2D eigenvalue weighted by molar-refractivity contribution is 0.131. The lowest BCUT2D eigenvalue weighted by Crippen LogP contribution is -2.24. The van der Waals surface area contributed by atoms with Crippen LogP contribution in [0.3, 0.4) is 0 Å². The Morgan fingerprint density at radius 2 is 2.22 bits per heavy atom. The van der Waals surface area contributed by atoms with Crippen molar-refractivity contribution in [3.63, 3.8) is 0 Å². The molecule has 1 aromatic rings. The molecule has 0 radical (unpaired) electrons. The van der Waals surface area contributed by atoms with Crippen molar-refractivity contribution in [2.24, 2.45) is 5.92 Å². The summed E-state index contributed by atoms with van der Waals surface area (Å²) >= 11 is 9.78. The van der Waals surface area contributed by atoms with Gasteiger partial charge in [-0.15, -0.1) is 0 Å². The van der Waals surface area contributed by atoms with E-state index in [2.05, 4.69) is 33.9 Å². The second-order valence-electron chi connectivity index (χ2n) is 4.82. The highest BCUT2D eigenvalue weighted by atomic mass is 79.9. The first-order chi connectivity index (χ1) is 8.72. The van der Waals surface area contributed by atoms with Gasteiger partial charge in [0.2, 0.25) is 0 Å². The van der Waals surface area contributed by atoms with Gasteiger partial charge < -0.3 is 9.64 Å². The molecule has 1 fully saturated rings. The molecule has 0 bridgehead atoms. The Morgan fingerprint density at radius 3 is 2.89 bits per heavy atom. The smallest absolute Gasteiger partial charge is 0.0642 e. The van der Waals surface area contributed by atoms with Gasteiger partial charge in [0.1, 0.15) is 0 Å². The number of para-hydroxylation sites is 1. The summed E-state index contributed by atoms with van der Waals surface area (Å²) in [6.45, 7) is 2.55. The van der Waals surface area contributed by atoms with Gasteiger partial charge in [-0.25, -0.2) is 0 Å². The molecule has 2 rings (SSSR count). The zero-order valence-corrected chi connectivity index (χ0v) is 13.0. The van der Waals surface area contributed by atoms with Gasteiger partial charge in [-0.1, -0.05) is 39.7 Å². The van der Waals surface area contributed by atoms with E-state index in [0.717, 1.165) is 41.7 Å². The number of ether oxygens (including phenoxy) is 1. The monoisotopic (exact) mass is 331 g/mol. The predicted octanol–water partition coefficient (Wildman–Crippen LogP) is 4.10. The highest BCUT2D eigenvalue weighted by Crippen LogP contribution is 2.31. The minimum absolute atomic E-state index is 0.764. The molecule has 1 aliphatic carbocycles. The van der Waals surface area contributed by atoms with Gasteiger partial charge >= 0.3 is 0 Å². The molecule has 100 valence electrons. The number of halogens is 2. The number of hydrogen-bond acceptors (Lipinski definition) is 2. The van der Waals surface area contributed by atoms with E-state index in [0.29, 0.717) is 0 Å². The molecule has 18 heavy (non-hydrogen) atoms. The quantitative estimate of drug-likeness (QED) is 0.550. The largest absolute Gasteiger partial charge is 0.379 e. The van der Waals surface area contributed by atoms with Crippen molar-refractivity contribution < 1.29 is 4.74 Å². The zero-order valence-electron chi connectivity index (χ0n) is 10.7. The number of hydrogen-bond donors (Lipinski definition) is 0. The summed E-state index contributed by atoms with van der Waals surface area (Å²) in [5, 5.41) is 1.62. The number of benzene rings is 1. The van der Waals surface area contributed by atoms with Crippen LogP contribution in [-0.2, 0) is 10.1 Å². The molecule has 0 saturated heterocycles. The van der Waals surface area contributed by atoms with E-state index in [-0.39, 0.29) is 0 Å². The topological polar surface area (TPSA) is 12.5 Å². The molecule has 0 heterocycles. The summed E-state index contributed by atoms with van der Waals surface area (Å²) < 4.78 is 5.67. The highest BCUT2D eigenvalue weighted by Gasteiger charge is 2.21. The lowest BCUT2D eigenvalue weighted by Gasteiger charge is -2.23. The van der Waals surface area contributed by atoms with Crippen LogP contribution < -0.4 is 4.90 Å². The summed E-state index contributed by atoms with van der Waals surface area (Å²) in [6.07, 6.45) is 2.68. The molecule has 0 spiro atoms. The van der Waals surface area contributed by atoms with Crippen LogP contribution in [0.5, 0.6) is 0 Å². The third kappa shape index (κ3) is 3.87. The molecule has 4 heteroatoms. The van der Waals surface area contributed by atoms with Crippen LogP contribution in [0.1, 0.15) is 18.4 Å². The van der Waals surface area contributed by atoms with Crippen molar-refractivity contribution >= 4 is 33.2 Å². The Kier molecular flexibility index (Phi) is 5.34. The van der Waals surface area contributed by atoms with E-state index in [4.69, 9.17) is 16.3 Å². The maximum atomic E-state index is 6.27. The number of alkyl halides is 1. The maximum absolute atomic E-state index is 6.27. The van der Waals surface area contributed by atoms with Crippen LogP contribution in [-0.4, -0.2) is 26.8 Å². The molecule has 0 amide bonds. The van der Waals surface area contributed by atoms with Gasteiger partial charge in [0.05, 0.1) is 17.3 Å². The normalized spacial score (nSPS) is 14.8. The van der Waals surface area contributed by atoms with E-state index in [1.165, 1.54) is 18.4 Å². The number of anilines is 1. The Hall–Kier alpha value is -0.250. The van der Waals surface area contributed by atoms with Crippen LogP contribution in [0.25, 0.3) is 0 Å². The van der Waals surface area contributed by atoms with Crippen molar-refractivity contribution in [1.82, 2.24) is 0 Å². The first kappa shape index (κ1) is 14.2. The first-order valence-corrected chi connectivity index (χ1v) is 7.84. The first-order valence-electron chi connectivity index (χ1n) is 6.34. The van der Waals surface area contributed by atoms with Crippen LogP contribution in [0, 0.1) is 5.92 Å². The number of rotatable bonds is 7. The fraction of sp³-hybridized carbons (Fsp3) is 0.571. The van der Waals surface area contributed by atoms with E-state index < -0.39 is 0 Å². The predicted molar refractivity (Wildman–Crippen MR) is 80.9 cm³/mol. The van der Waals surface area contributed by atoms with Crippen molar-refractivity contribution in [3.05, 3.63) is 28.8 Å². The third-order valence-electron chi connectivity index (χ3n) is 3.22. The summed E-state index contributed by atoms with van der Waals surface area (Å²) in [6, 6.07) is 6.02. The van der Waals surface area contributed by atoms with Gasteiger partial charge in [0.15, 0.2) is 0 Å². The molecule has 0 aromatic heterocycles. The number of nitrogens with zero attached hydrogens (tertiary/aromatic N) is 1. The maximum Gasteiger partial charge on any atom is 0.0642 e. The summed E-state index contributed by atoms with van der Waals surface area (Å²) in [5.41, 5.74) is 2.32. The minimum atomic E-state index is 0.764. The van der Waals surface area contributed by atoms with E-state index in [9.17, 15) is 0 Å². The number of likely N-dealkylation sites (N-methyl/N-ethyl adjacent to an activating group) is 1. The van der Waals surface area contributed by atoms with Crippen LogP contribution in [0.4, 0.5) is 5.69 Å². The summed E-state index contributed by atoms with van der Waals surface area (Å²) in [5.74, 6) is 0.828. The SMILES string of the molecule is CN(CCOCC1CC1)c1c(Cl)cccc1CBr. The average molecular weight is 333 g/mol. The third-order valence-corrected chi connectivity index (χ3v) is 4.13. The second kappa shape index (κ2) is 6.78. The molecule has 1 saturated carbocycles. The van der Waals surface area contributed by atoms with Gasteiger partial charge in [0.25, 0.3) is 0 Å². The molecular weight excluding hydrogens is 314 g/mol. The summed E-state index contributed by atoms with van der Waals surface area (Å²) in [4.78, 5) is 2.17. The van der Waals surface area contributed by atoms with E-state index in [1.54, 1.807) is 0 Å². The fourth-order valence-electron chi connectivity index (χ4n) is 1.94. The Bertz CT molecular complexity index is 395. The fourth-order valence-corrected chi connectivity index (χ4v) is 2.73. The van der Waals surface area contributed by atoms with Gasteiger partial charge in [-0.2, -0.15) is 0 Å². The van der Waals surface area contributed by atoms with Crippen molar-refractivity contribution in [2.45, 2.75) is 18.2 Å². The average Bonchev–Trinajstić information content (AvgIpc) is 3.18. The van der Waals surface area contributed by atoms with Crippen LogP contribution in [0.15, 0.2) is 18.2 Å². The molecule has 0 aliphatic heterocycles. The van der Waals surface area contributed by atoms with Gasteiger partial charge in [-0.05, 0) is 30.4 Å². The second-order valence-corrected chi connectivity index (χ2v) is 5.79. The van der Waals surface area contributed by atoms with E-state index >= 15 is 0 Å². The molecule has 0 atom stereocenters. The summed E-state index contributed by atoms with van der Waals surface area (Å²) in [7, 11) is 2.06. The standard InChI is InChI=1S/C14H19BrClNO/c1-17(7-8-18-10-11-5-6-11)14-12(9-15)3-2-4-13(14)16/h2-4,11H,5-10H2,1H3. The van der Waals surface area contributed by atoms with Gasteiger partial charge in [-0.3, -0.25) is 0 Å². The van der Waals surface area contributed by atoms with Crippen molar-refractivity contribution in [3.8, 4) is 0 Å². The molecule has 0 unspecified atom stereocenters. The Labute approximate surface area is 122 Å². The van der Waals surface area contributed by atoms with E-state index in [1.807, 2.05) is 12.1 Å². The van der Waals surface area contributed by atoms with Crippen molar-refractivity contribution in [1.29, 1.82) is 0 Å². The van der Waals surface area contributed by atoms with Crippen LogP contribution >= 0.6 is 27.5 Å². The zero-order chi connectivity index (χ0) is 13.0. The molecule has 1 aromatic carbocycles. The molecular formula is C14H19BrClNO. The van der Waals surface area contributed by atoms with Crippen molar-refractivity contribution in [2.75, 3.05) is 31.7 Å². The molecule has 0 N–H and O–H groups in total. The van der Waals surface area contributed by atoms with Crippen LogP contribution in [0.2, 0.25) is 5.02 Å².